The number of fused-ring (bicyclic) bond motifs is 1. The van der Waals surface area contributed by atoms with E-state index < -0.39 is 0 Å². The molecule has 15 heavy (non-hydrogen) atoms. The van der Waals surface area contributed by atoms with E-state index in [-0.39, 0.29) is 37.0 Å². The van der Waals surface area contributed by atoms with E-state index in [1.807, 2.05) is 0 Å². The summed E-state index contributed by atoms with van der Waals surface area (Å²) in [6.45, 7) is 0. The van der Waals surface area contributed by atoms with Crippen LogP contribution in [0.25, 0.3) is 0 Å². The largest absolute Gasteiger partial charge is 0.436 e. The molecule has 1 aliphatic rings. The van der Waals surface area contributed by atoms with Crippen molar-refractivity contribution in [1.82, 2.24) is 0 Å². The molecule has 1 aromatic carbocycles. The Morgan fingerprint density at radius 2 is 1.40 bits per heavy atom. The maximum Gasteiger partial charge on any atom is 0.249 e. The molecule has 7 heteroatoms. The van der Waals surface area contributed by atoms with Crippen LogP contribution in [-0.4, -0.2) is 0 Å². The van der Waals surface area contributed by atoms with Gasteiger partial charge in [-0.2, -0.15) is 0 Å². The Bertz CT molecular complexity index is 469. The summed E-state index contributed by atoms with van der Waals surface area (Å²) in [7, 11) is 0. The summed E-state index contributed by atoms with van der Waals surface area (Å²) >= 11 is 28.7. The van der Waals surface area contributed by atoms with Crippen molar-refractivity contribution in [3.63, 3.8) is 0 Å². The third kappa shape index (κ3) is 1.97. The monoisotopic (exact) mass is 304 g/mol. The van der Waals surface area contributed by atoms with Crippen molar-refractivity contribution in [2.24, 2.45) is 0 Å². The van der Waals surface area contributed by atoms with Crippen molar-refractivity contribution in [3.8, 4) is 11.5 Å². The van der Waals surface area contributed by atoms with Gasteiger partial charge in [0.2, 0.25) is 10.4 Å². The number of ether oxygens (including phenoxy) is 2. The predicted octanol–water partition coefficient (Wildman–Crippen LogP) is 5.02. The Labute approximate surface area is 110 Å². The van der Waals surface area contributed by atoms with E-state index in [0.717, 1.165) is 0 Å². The Hall–Kier alpha value is 0.01000. The quantitative estimate of drug-likeness (QED) is 0.626. The zero-order valence-electron chi connectivity index (χ0n) is 6.78. The van der Waals surface area contributed by atoms with Gasteiger partial charge in [0, 0.05) is 6.07 Å². The van der Waals surface area contributed by atoms with E-state index in [1.165, 1.54) is 6.07 Å². The third-order valence-corrected chi connectivity index (χ3v) is 3.47. The highest BCUT2D eigenvalue weighted by atomic mass is 35.5. The molecule has 0 aliphatic carbocycles. The van der Waals surface area contributed by atoms with Crippen molar-refractivity contribution >= 4 is 58.0 Å². The second-order valence-corrected chi connectivity index (χ2v) is 4.41. The van der Waals surface area contributed by atoms with Crippen LogP contribution in [-0.2, 0) is 0 Å². The lowest BCUT2D eigenvalue weighted by Crippen LogP contribution is -2.05. The highest BCUT2D eigenvalue weighted by Crippen LogP contribution is 2.48. The molecular weight excluding hydrogens is 305 g/mol. The molecular formula is C8HCl5O2. The summed E-state index contributed by atoms with van der Waals surface area (Å²) in [6, 6.07) is 1.44. The molecule has 2 nitrogen and oxygen atoms in total. The first-order valence-electron chi connectivity index (χ1n) is 3.59. The van der Waals surface area contributed by atoms with Gasteiger partial charge in [-0.05, 0) is 23.2 Å². The molecule has 0 saturated heterocycles. The molecule has 0 saturated carbocycles. The fourth-order valence-electron chi connectivity index (χ4n) is 0.994. The molecule has 80 valence electrons. The second-order valence-electron chi connectivity index (χ2n) is 2.57. The van der Waals surface area contributed by atoms with Gasteiger partial charge < -0.3 is 9.47 Å². The van der Waals surface area contributed by atoms with Gasteiger partial charge in [-0.15, -0.1) is 0 Å². The van der Waals surface area contributed by atoms with Crippen LogP contribution >= 0.6 is 58.0 Å². The van der Waals surface area contributed by atoms with Crippen LogP contribution in [0.4, 0.5) is 0 Å². The smallest absolute Gasteiger partial charge is 0.249 e. The minimum Gasteiger partial charge on any atom is -0.436 e. The van der Waals surface area contributed by atoms with Gasteiger partial charge in [0.15, 0.2) is 11.5 Å². The number of halogens is 5. The first kappa shape index (κ1) is 11.5. The van der Waals surface area contributed by atoms with Crippen molar-refractivity contribution in [2.75, 3.05) is 0 Å². The highest BCUT2D eigenvalue weighted by Gasteiger charge is 2.25. The predicted molar refractivity (Wildman–Crippen MR) is 61.5 cm³/mol. The molecule has 0 aromatic heterocycles. The molecule has 0 unspecified atom stereocenters. The standard InChI is InChI=1S/C8HCl5O2/c9-2-1-3-6(5(11)4(2)10)15-8(13)7(12)14-3/h1H. The van der Waals surface area contributed by atoms with E-state index in [9.17, 15) is 0 Å². The highest BCUT2D eigenvalue weighted by molar-refractivity contribution is 6.49. The van der Waals surface area contributed by atoms with Gasteiger partial charge in [-0.25, -0.2) is 0 Å². The van der Waals surface area contributed by atoms with E-state index >= 15 is 0 Å². The lowest BCUT2D eigenvalue weighted by atomic mass is 10.3. The van der Waals surface area contributed by atoms with Crippen molar-refractivity contribution in [2.45, 2.75) is 0 Å². The van der Waals surface area contributed by atoms with Crippen LogP contribution in [0.3, 0.4) is 0 Å². The summed E-state index contributed by atoms with van der Waals surface area (Å²) < 4.78 is 10.2. The van der Waals surface area contributed by atoms with E-state index in [2.05, 4.69) is 0 Å². The number of benzene rings is 1. The molecule has 0 N–H and O–H groups in total. The van der Waals surface area contributed by atoms with Gasteiger partial charge >= 0.3 is 0 Å². The Balaban J connectivity index is 2.60. The minimum atomic E-state index is -0.107. The zero-order chi connectivity index (χ0) is 11.2. The molecule has 1 aliphatic heterocycles. The van der Waals surface area contributed by atoms with Crippen molar-refractivity contribution in [1.29, 1.82) is 0 Å². The number of rotatable bonds is 0. The zero-order valence-corrected chi connectivity index (χ0v) is 10.6. The topological polar surface area (TPSA) is 18.5 Å². The first-order valence-corrected chi connectivity index (χ1v) is 5.48. The minimum absolute atomic E-state index is 0.0846. The van der Waals surface area contributed by atoms with Crippen LogP contribution in [0.5, 0.6) is 11.5 Å². The molecule has 0 radical (unpaired) electrons. The Morgan fingerprint density at radius 1 is 0.800 bits per heavy atom. The van der Waals surface area contributed by atoms with Gasteiger partial charge in [-0.3, -0.25) is 0 Å². The van der Waals surface area contributed by atoms with Crippen LogP contribution in [0, 0.1) is 0 Å². The van der Waals surface area contributed by atoms with Gasteiger partial charge in [0.1, 0.15) is 5.02 Å². The maximum absolute atomic E-state index is 5.88. The molecule has 1 heterocycles. The van der Waals surface area contributed by atoms with Gasteiger partial charge in [-0.1, -0.05) is 34.8 Å². The molecule has 0 bridgehead atoms. The van der Waals surface area contributed by atoms with E-state index in [4.69, 9.17) is 67.5 Å². The lowest BCUT2D eigenvalue weighted by molar-refractivity contribution is 0.338. The SMILES string of the molecule is ClC1=C(Cl)Oc2c(cc(Cl)c(Cl)c2Cl)O1. The lowest BCUT2D eigenvalue weighted by Gasteiger charge is -2.19. The van der Waals surface area contributed by atoms with Crippen LogP contribution in [0.1, 0.15) is 0 Å². The maximum atomic E-state index is 5.88. The normalized spacial score (nSPS) is 14.5. The molecule has 0 fully saturated rings. The molecule has 0 spiro atoms. The third-order valence-electron chi connectivity index (χ3n) is 1.63. The summed E-state index contributed by atoms with van der Waals surface area (Å²) in [6.07, 6.45) is 0. The number of hydrogen-bond donors (Lipinski definition) is 0. The van der Waals surface area contributed by atoms with E-state index in [1.54, 1.807) is 0 Å². The molecule has 0 amide bonds. The van der Waals surface area contributed by atoms with Gasteiger partial charge in [0.25, 0.3) is 0 Å². The summed E-state index contributed by atoms with van der Waals surface area (Å²) in [4.78, 5) is 0. The van der Waals surface area contributed by atoms with Crippen LogP contribution in [0.2, 0.25) is 15.1 Å². The van der Waals surface area contributed by atoms with Crippen LogP contribution < -0.4 is 9.47 Å². The van der Waals surface area contributed by atoms with Crippen molar-refractivity contribution in [3.05, 3.63) is 31.6 Å². The fraction of sp³-hybridized carbons (Fsp3) is 0. The van der Waals surface area contributed by atoms with Gasteiger partial charge in [0.05, 0.1) is 10.0 Å². The molecule has 2 rings (SSSR count). The average Bonchev–Trinajstić information content (AvgIpc) is 2.19. The number of hydrogen-bond acceptors (Lipinski definition) is 2. The summed E-state index contributed by atoms with van der Waals surface area (Å²) in [5, 5.41) is 0.347. The summed E-state index contributed by atoms with van der Waals surface area (Å²) in [5.41, 5.74) is 0. The fourth-order valence-corrected chi connectivity index (χ4v) is 1.85. The second kappa shape index (κ2) is 4.11. The molecule has 1 aromatic rings. The summed E-state index contributed by atoms with van der Waals surface area (Å²) in [5.74, 6) is 0.462. The van der Waals surface area contributed by atoms with Crippen molar-refractivity contribution < 1.29 is 9.47 Å². The first-order chi connectivity index (χ1) is 7.00. The average molecular weight is 306 g/mol. The van der Waals surface area contributed by atoms with E-state index in [0.29, 0.717) is 0 Å². The van der Waals surface area contributed by atoms with Crippen LogP contribution in [0.15, 0.2) is 16.5 Å². The Kier molecular flexibility index (Phi) is 3.15. The Morgan fingerprint density at radius 3 is 2.07 bits per heavy atom. The molecule has 0 atom stereocenters.